The molecule has 126 valence electrons. The Balaban J connectivity index is 2.37. The first-order valence-electron chi connectivity index (χ1n) is 8.72. The second-order valence-electron chi connectivity index (χ2n) is 6.77. The van der Waals surface area contributed by atoms with E-state index in [0.29, 0.717) is 0 Å². The van der Waals surface area contributed by atoms with Gasteiger partial charge in [0, 0.05) is 11.1 Å². The monoisotopic (exact) mass is 334 g/mol. The van der Waals surface area contributed by atoms with Crippen molar-refractivity contribution in [2.75, 3.05) is 0 Å². The van der Waals surface area contributed by atoms with Gasteiger partial charge in [-0.2, -0.15) is 0 Å². The van der Waals surface area contributed by atoms with Crippen LogP contribution < -0.4 is 0 Å². The minimum absolute atomic E-state index is 0.874. The predicted molar refractivity (Wildman–Crippen MR) is 112 cm³/mol. The van der Waals surface area contributed by atoms with Crippen molar-refractivity contribution in [3.05, 3.63) is 81.9 Å². The van der Waals surface area contributed by atoms with Crippen LogP contribution in [-0.4, -0.2) is 0 Å². The van der Waals surface area contributed by atoms with Crippen molar-refractivity contribution < 1.29 is 0 Å². The molecule has 3 rings (SSSR count). The summed E-state index contributed by atoms with van der Waals surface area (Å²) in [6.45, 7) is 8.43. The third kappa shape index (κ3) is 2.92. The Kier molecular flexibility index (Phi) is 4.71. The number of hydrogen-bond acceptors (Lipinski definition) is 0. The highest BCUT2D eigenvalue weighted by Gasteiger charge is 2.16. The summed E-state index contributed by atoms with van der Waals surface area (Å²) in [6, 6.07) is 16.7. The van der Waals surface area contributed by atoms with Gasteiger partial charge in [-0.1, -0.05) is 48.2 Å². The van der Waals surface area contributed by atoms with Gasteiger partial charge in [0.25, 0.3) is 0 Å². The van der Waals surface area contributed by atoms with E-state index >= 15 is 0 Å². The van der Waals surface area contributed by atoms with E-state index in [2.05, 4.69) is 88.1 Å². The van der Waals surface area contributed by atoms with Gasteiger partial charge < -0.3 is 0 Å². The van der Waals surface area contributed by atoms with Crippen LogP contribution in [0.5, 0.6) is 0 Å². The number of benzene rings is 3. The smallest absolute Gasteiger partial charge is 0.0328 e. The van der Waals surface area contributed by atoms with Crippen molar-refractivity contribution in [1.82, 2.24) is 0 Å². The lowest BCUT2D eigenvalue weighted by Gasteiger charge is -2.17. The fraction of sp³-hybridized carbons (Fsp3) is 0.154. The molecular formula is C26H22. The van der Waals surface area contributed by atoms with Crippen molar-refractivity contribution >= 4 is 0 Å². The Morgan fingerprint density at radius 2 is 0.885 bits per heavy atom. The van der Waals surface area contributed by atoms with Crippen LogP contribution in [0, 0.1) is 52.4 Å². The van der Waals surface area contributed by atoms with Crippen LogP contribution in [0.1, 0.15) is 33.4 Å². The van der Waals surface area contributed by atoms with Crippen LogP contribution in [0.2, 0.25) is 0 Å². The lowest BCUT2D eigenvalue weighted by molar-refractivity contribution is 1.35. The van der Waals surface area contributed by atoms with E-state index in [9.17, 15) is 0 Å². The molecule has 0 saturated carbocycles. The first-order chi connectivity index (χ1) is 12.5. The summed E-state index contributed by atoms with van der Waals surface area (Å²) >= 11 is 0. The van der Waals surface area contributed by atoms with Gasteiger partial charge in [-0.3, -0.25) is 0 Å². The molecule has 0 aliphatic heterocycles. The predicted octanol–water partition coefficient (Wildman–Crippen LogP) is 6.22. The summed E-state index contributed by atoms with van der Waals surface area (Å²) in [5.74, 6) is 5.76. The van der Waals surface area contributed by atoms with E-state index in [1.807, 2.05) is 0 Å². The number of rotatable bonds is 2. The molecule has 0 unspecified atom stereocenters. The van der Waals surface area contributed by atoms with Gasteiger partial charge in [0.2, 0.25) is 0 Å². The molecule has 0 spiro atoms. The SMILES string of the molecule is C#Cc1cc(-c2c(C)cccc2C)c(C#C)cc1-c1c(C)cccc1C. The van der Waals surface area contributed by atoms with Gasteiger partial charge in [-0.25, -0.2) is 0 Å². The molecule has 0 amide bonds. The second kappa shape index (κ2) is 6.95. The molecule has 0 N–H and O–H groups in total. The van der Waals surface area contributed by atoms with Crippen molar-refractivity contribution in [3.63, 3.8) is 0 Å². The Labute approximate surface area is 156 Å². The first-order valence-corrected chi connectivity index (χ1v) is 8.72. The standard InChI is InChI=1S/C26H22/c1-7-21-15-24(26-19(5)13-10-14-20(26)6)22(8-2)16-23(21)25-17(3)11-9-12-18(25)4/h1-2,9-16H,3-6H3. The average Bonchev–Trinajstić information content (AvgIpc) is 2.61. The number of hydrogen-bond donors (Lipinski definition) is 0. The van der Waals surface area contributed by atoms with E-state index in [0.717, 1.165) is 22.3 Å². The first kappa shape index (κ1) is 17.6. The van der Waals surface area contributed by atoms with E-state index in [-0.39, 0.29) is 0 Å². The molecule has 3 aromatic carbocycles. The van der Waals surface area contributed by atoms with Crippen molar-refractivity contribution in [3.8, 4) is 46.9 Å². The minimum Gasteiger partial charge on any atom is -0.115 e. The molecule has 0 radical (unpaired) electrons. The van der Waals surface area contributed by atoms with Gasteiger partial charge in [-0.05, 0) is 84.3 Å². The third-order valence-corrected chi connectivity index (χ3v) is 4.97. The zero-order valence-electron chi connectivity index (χ0n) is 15.8. The van der Waals surface area contributed by atoms with Gasteiger partial charge in [0.05, 0.1) is 0 Å². The molecule has 0 saturated heterocycles. The second-order valence-corrected chi connectivity index (χ2v) is 6.77. The Morgan fingerprint density at radius 3 is 1.15 bits per heavy atom. The van der Waals surface area contributed by atoms with Crippen LogP contribution in [-0.2, 0) is 0 Å². The molecule has 0 aromatic heterocycles. The van der Waals surface area contributed by atoms with Crippen molar-refractivity contribution in [1.29, 1.82) is 0 Å². The fourth-order valence-corrected chi connectivity index (χ4v) is 3.73. The molecule has 0 aliphatic carbocycles. The fourth-order valence-electron chi connectivity index (χ4n) is 3.73. The topological polar surface area (TPSA) is 0 Å². The Bertz CT molecular complexity index is 952. The van der Waals surface area contributed by atoms with Gasteiger partial charge >= 0.3 is 0 Å². The highest BCUT2D eigenvalue weighted by Crippen LogP contribution is 2.37. The summed E-state index contributed by atoms with van der Waals surface area (Å²) < 4.78 is 0. The molecule has 0 fully saturated rings. The molecule has 3 aromatic rings. The largest absolute Gasteiger partial charge is 0.115 e. The summed E-state index contributed by atoms with van der Waals surface area (Å²) in [5.41, 5.74) is 11.0. The van der Waals surface area contributed by atoms with Gasteiger partial charge in [-0.15, -0.1) is 12.8 Å². The van der Waals surface area contributed by atoms with Crippen LogP contribution in [0.3, 0.4) is 0 Å². The van der Waals surface area contributed by atoms with E-state index in [1.165, 1.54) is 33.4 Å². The highest BCUT2D eigenvalue weighted by atomic mass is 14.2. The van der Waals surface area contributed by atoms with Crippen LogP contribution in [0.4, 0.5) is 0 Å². The summed E-state index contributed by atoms with van der Waals surface area (Å²) in [6.07, 6.45) is 11.8. The highest BCUT2D eigenvalue weighted by molar-refractivity contribution is 5.85. The van der Waals surface area contributed by atoms with Crippen LogP contribution >= 0.6 is 0 Å². The Hall–Kier alpha value is -3.22. The average molecular weight is 334 g/mol. The van der Waals surface area contributed by atoms with E-state index < -0.39 is 0 Å². The molecule has 0 bridgehead atoms. The molecule has 0 heterocycles. The molecule has 26 heavy (non-hydrogen) atoms. The van der Waals surface area contributed by atoms with Gasteiger partial charge in [0.1, 0.15) is 0 Å². The summed E-state index contributed by atoms with van der Waals surface area (Å²) in [5, 5.41) is 0. The normalized spacial score (nSPS) is 10.2. The maximum Gasteiger partial charge on any atom is 0.0328 e. The quantitative estimate of drug-likeness (QED) is 0.488. The zero-order valence-corrected chi connectivity index (χ0v) is 15.8. The van der Waals surface area contributed by atoms with E-state index in [1.54, 1.807) is 0 Å². The Morgan fingerprint density at radius 1 is 0.577 bits per heavy atom. The number of terminal acetylenes is 2. The maximum absolute atomic E-state index is 5.90. The van der Waals surface area contributed by atoms with E-state index in [4.69, 9.17) is 12.8 Å². The molecule has 0 heteroatoms. The van der Waals surface area contributed by atoms with Crippen LogP contribution in [0.25, 0.3) is 22.3 Å². The molecule has 0 atom stereocenters. The van der Waals surface area contributed by atoms with Crippen molar-refractivity contribution in [2.45, 2.75) is 27.7 Å². The molecule has 0 aliphatic rings. The summed E-state index contributed by atoms with van der Waals surface area (Å²) in [4.78, 5) is 0. The number of aryl methyl sites for hydroxylation is 4. The van der Waals surface area contributed by atoms with Gasteiger partial charge in [0.15, 0.2) is 0 Å². The van der Waals surface area contributed by atoms with Crippen LogP contribution in [0.15, 0.2) is 48.5 Å². The van der Waals surface area contributed by atoms with Crippen molar-refractivity contribution in [2.24, 2.45) is 0 Å². The molecular weight excluding hydrogens is 312 g/mol. The zero-order chi connectivity index (χ0) is 18.8. The molecule has 0 nitrogen and oxygen atoms in total. The summed E-state index contributed by atoms with van der Waals surface area (Å²) in [7, 11) is 0. The minimum atomic E-state index is 0.874. The lowest BCUT2D eigenvalue weighted by atomic mass is 9.86. The lowest BCUT2D eigenvalue weighted by Crippen LogP contribution is -1.97. The third-order valence-electron chi connectivity index (χ3n) is 4.97. The maximum atomic E-state index is 5.90.